The molecule has 8 nitrogen and oxygen atoms in total. The minimum Gasteiger partial charge on any atom is -0.481 e. The van der Waals surface area contributed by atoms with Crippen molar-refractivity contribution in [2.24, 2.45) is 0 Å². The molecular weight excluding hydrogens is 602 g/mol. The summed E-state index contributed by atoms with van der Waals surface area (Å²) >= 11 is 1.32. The third-order valence-electron chi connectivity index (χ3n) is 7.35. The lowest BCUT2D eigenvalue weighted by atomic mass is 10.1. The Hall–Kier alpha value is -4.65. The van der Waals surface area contributed by atoms with Gasteiger partial charge in [0.25, 0.3) is 5.91 Å². The molecule has 0 saturated carbocycles. The Labute approximate surface area is 252 Å². The van der Waals surface area contributed by atoms with E-state index in [1.165, 1.54) is 34.6 Å². The number of hydrogen-bond acceptors (Lipinski definition) is 7. The van der Waals surface area contributed by atoms with Crippen molar-refractivity contribution < 1.29 is 41.7 Å². The van der Waals surface area contributed by atoms with Gasteiger partial charge >= 0.3 is 18.2 Å². The first-order chi connectivity index (χ1) is 21.0. The first-order valence-electron chi connectivity index (χ1n) is 13.7. The molecule has 0 atom stereocenters. The summed E-state index contributed by atoms with van der Waals surface area (Å²) in [6.45, 7) is 0.405. The number of rotatable bonds is 9. The van der Waals surface area contributed by atoms with Gasteiger partial charge in [0.2, 0.25) is 0 Å². The highest BCUT2D eigenvalue weighted by Gasteiger charge is 2.65. The Bertz CT molecular complexity index is 1730. The number of hydrogen-bond donors (Lipinski definition) is 2. The lowest BCUT2D eigenvalue weighted by Crippen LogP contribution is -2.52. The smallest absolute Gasteiger partial charge is 0.481 e. The predicted molar refractivity (Wildman–Crippen MR) is 154 cm³/mol. The standard InChI is InChI=1S/C31H25F4N3O5S/c32-30(33)31(34,35)43-26-15-22(9-11-25(26)42-30)24-17-44-29(37-24)38(23-10-8-19-2-1-3-21(19)14-23)16-18-4-6-20(7-5-18)28(41)36-13-12-27(39)40/h4-11,14-15,17H,1-3,12-13,16H2,(H,36,41)(H,39,40). The molecule has 228 valence electrons. The quantitative estimate of drug-likeness (QED) is 0.197. The summed E-state index contributed by atoms with van der Waals surface area (Å²) in [7, 11) is 0. The maximum absolute atomic E-state index is 13.8. The van der Waals surface area contributed by atoms with E-state index in [0.29, 0.717) is 28.5 Å². The molecule has 0 spiro atoms. The van der Waals surface area contributed by atoms with Crippen LogP contribution < -0.4 is 19.7 Å². The van der Waals surface area contributed by atoms with Gasteiger partial charge in [-0.05, 0) is 78.4 Å². The number of carbonyl (C=O) groups is 2. The molecule has 2 heterocycles. The van der Waals surface area contributed by atoms with E-state index in [-0.39, 0.29) is 18.9 Å². The molecule has 0 fully saturated rings. The van der Waals surface area contributed by atoms with Crippen LogP contribution in [0.2, 0.25) is 0 Å². The second kappa shape index (κ2) is 11.5. The van der Waals surface area contributed by atoms with E-state index in [2.05, 4.69) is 26.9 Å². The van der Waals surface area contributed by atoms with Gasteiger partial charge in [0.05, 0.1) is 18.7 Å². The monoisotopic (exact) mass is 627 g/mol. The highest BCUT2D eigenvalue weighted by molar-refractivity contribution is 7.14. The number of amides is 1. The number of aryl methyl sites for hydroxylation is 2. The average molecular weight is 628 g/mol. The lowest BCUT2D eigenvalue weighted by Gasteiger charge is -2.31. The van der Waals surface area contributed by atoms with Crippen LogP contribution in [0.1, 0.15) is 39.9 Å². The summed E-state index contributed by atoms with van der Waals surface area (Å²) in [4.78, 5) is 29.9. The summed E-state index contributed by atoms with van der Waals surface area (Å²) in [6.07, 6.45) is -6.75. The number of aliphatic carboxylic acids is 1. The van der Waals surface area contributed by atoms with E-state index in [1.807, 2.05) is 11.0 Å². The summed E-state index contributed by atoms with van der Waals surface area (Å²) in [5.41, 5.74) is 5.51. The number of aromatic nitrogens is 1. The second-order valence-corrected chi connectivity index (χ2v) is 11.2. The molecular formula is C31H25F4N3O5S. The summed E-state index contributed by atoms with van der Waals surface area (Å²) in [5, 5.41) is 13.7. The molecule has 4 aromatic rings. The molecule has 1 amide bonds. The molecule has 2 aliphatic rings. The average Bonchev–Trinajstić information content (AvgIpc) is 3.66. The van der Waals surface area contributed by atoms with Crippen molar-refractivity contribution in [2.75, 3.05) is 11.4 Å². The number of alkyl halides is 4. The Morgan fingerprint density at radius 3 is 2.41 bits per heavy atom. The van der Waals surface area contributed by atoms with Gasteiger partial charge in [-0.3, -0.25) is 9.59 Å². The molecule has 0 radical (unpaired) electrons. The number of thiazole rings is 1. The first-order valence-corrected chi connectivity index (χ1v) is 14.6. The van der Waals surface area contributed by atoms with Crippen molar-refractivity contribution in [3.63, 3.8) is 0 Å². The second-order valence-electron chi connectivity index (χ2n) is 10.4. The number of carbonyl (C=O) groups excluding carboxylic acids is 1. The number of benzene rings is 3. The normalized spacial score (nSPS) is 15.8. The number of carboxylic acid groups (broad SMARTS) is 1. The third-order valence-corrected chi connectivity index (χ3v) is 8.22. The van der Waals surface area contributed by atoms with Gasteiger partial charge in [0.1, 0.15) is 0 Å². The Balaban J connectivity index is 1.27. The molecule has 0 unspecified atom stereocenters. The Morgan fingerprint density at radius 2 is 1.66 bits per heavy atom. The van der Waals surface area contributed by atoms with Crippen molar-refractivity contribution in [3.05, 3.63) is 88.3 Å². The van der Waals surface area contributed by atoms with E-state index in [1.54, 1.807) is 29.6 Å². The lowest BCUT2D eigenvalue weighted by molar-refractivity contribution is -0.391. The van der Waals surface area contributed by atoms with Crippen molar-refractivity contribution >= 4 is 34.0 Å². The van der Waals surface area contributed by atoms with Gasteiger partial charge in [0.15, 0.2) is 16.6 Å². The molecule has 0 bridgehead atoms. The Morgan fingerprint density at radius 1 is 0.932 bits per heavy atom. The maximum Gasteiger partial charge on any atom is 0.507 e. The van der Waals surface area contributed by atoms with E-state index in [4.69, 9.17) is 10.1 Å². The van der Waals surface area contributed by atoms with Crippen LogP contribution >= 0.6 is 11.3 Å². The molecule has 1 aliphatic carbocycles. The van der Waals surface area contributed by atoms with Crippen LogP contribution in [-0.2, 0) is 24.2 Å². The molecule has 2 N–H and O–H groups in total. The fraction of sp³-hybridized carbons (Fsp3) is 0.258. The van der Waals surface area contributed by atoms with Crippen LogP contribution in [0.25, 0.3) is 11.3 Å². The summed E-state index contributed by atoms with van der Waals surface area (Å²) in [5.74, 6) is -2.40. The van der Waals surface area contributed by atoms with Crippen LogP contribution in [0.4, 0.5) is 28.4 Å². The zero-order valence-corrected chi connectivity index (χ0v) is 23.8. The van der Waals surface area contributed by atoms with Crippen LogP contribution in [0.15, 0.2) is 66.0 Å². The van der Waals surface area contributed by atoms with Crippen LogP contribution in [0.5, 0.6) is 11.5 Å². The minimum atomic E-state index is -4.83. The van der Waals surface area contributed by atoms with E-state index in [0.717, 1.165) is 36.6 Å². The van der Waals surface area contributed by atoms with Crippen LogP contribution in [0.3, 0.4) is 0 Å². The number of nitrogens with one attached hydrogen (secondary N) is 1. The number of halogens is 4. The molecule has 0 saturated heterocycles. The number of ether oxygens (including phenoxy) is 2. The molecule has 3 aromatic carbocycles. The van der Waals surface area contributed by atoms with Crippen molar-refractivity contribution in [2.45, 2.75) is 44.4 Å². The molecule has 1 aromatic heterocycles. The SMILES string of the molecule is O=C(O)CCNC(=O)c1ccc(CN(c2ccc3c(c2)CCC3)c2nc(-c3ccc4c(c3)OC(F)(F)C(F)(F)O4)cs2)cc1. The fourth-order valence-corrected chi connectivity index (χ4v) is 5.93. The predicted octanol–water partition coefficient (Wildman–Crippen LogP) is 6.80. The highest BCUT2D eigenvalue weighted by Crippen LogP contribution is 2.48. The Kier molecular flexibility index (Phi) is 7.66. The van der Waals surface area contributed by atoms with Gasteiger partial charge in [-0.25, -0.2) is 4.98 Å². The van der Waals surface area contributed by atoms with Gasteiger partial charge in [-0.2, -0.15) is 17.6 Å². The topological polar surface area (TPSA) is 101 Å². The van der Waals surface area contributed by atoms with Gasteiger partial charge in [-0.1, -0.05) is 18.2 Å². The van der Waals surface area contributed by atoms with Gasteiger partial charge in [0, 0.05) is 28.7 Å². The first kappa shape index (κ1) is 29.4. The largest absolute Gasteiger partial charge is 0.507 e. The van der Waals surface area contributed by atoms with Crippen molar-refractivity contribution in [1.82, 2.24) is 10.3 Å². The van der Waals surface area contributed by atoms with Crippen molar-refractivity contribution in [3.8, 4) is 22.8 Å². The summed E-state index contributed by atoms with van der Waals surface area (Å²) in [6, 6.07) is 16.9. The van der Waals surface area contributed by atoms with Crippen molar-refractivity contribution in [1.29, 1.82) is 0 Å². The highest BCUT2D eigenvalue weighted by atomic mass is 32.1. The van der Waals surface area contributed by atoms with Gasteiger partial charge < -0.3 is 24.8 Å². The van der Waals surface area contributed by atoms with E-state index in [9.17, 15) is 27.2 Å². The zero-order chi connectivity index (χ0) is 31.1. The van der Waals surface area contributed by atoms with Crippen LogP contribution in [0, 0.1) is 0 Å². The maximum atomic E-state index is 13.8. The number of carboxylic acids is 1. The molecule has 1 aliphatic heterocycles. The fourth-order valence-electron chi connectivity index (χ4n) is 5.07. The number of fused-ring (bicyclic) bond motifs is 2. The minimum absolute atomic E-state index is 0.0205. The molecule has 13 heteroatoms. The molecule has 6 rings (SSSR count). The van der Waals surface area contributed by atoms with Crippen LogP contribution in [-0.4, -0.2) is 40.7 Å². The summed E-state index contributed by atoms with van der Waals surface area (Å²) < 4.78 is 63.2. The number of anilines is 2. The molecule has 44 heavy (non-hydrogen) atoms. The van der Waals surface area contributed by atoms with E-state index < -0.39 is 29.7 Å². The third kappa shape index (κ3) is 5.91. The number of nitrogens with zero attached hydrogens (tertiary/aromatic N) is 2. The zero-order valence-electron chi connectivity index (χ0n) is 23.0. The van der Waals surface area contributed by atoms with E-state index >= 15 is 0 Å². The van der Waals surface area contributed by atoms with Gasteiger partial charge in [-0.15, -0.1) is 11.3 Å².